The highest BCUT2D eigenvalue weighted by molar-refractivity contribution is 7.80. The maximum atomic E-state index is 5.87. The van der Waals surface area contributed by atoms with Gasteiger partial charge < -0.3 is 9.47 Å². The highest BCUT2D eigenvalue weighted by Crippen LogP contribution is 2.33. The summed E-state index contributed by atoms with van der Waals surface area (Å²) in [6.45, 7) is 3.59. The van der Waals surface area contributed by atoms with Gasteiger partial charge in [-0.1, -0.05) is 19.3 Å². The second kappa shape index (κ2) is 6.27. The molecule has 0 aromatic carbocycles. The van der Waals surface area contributed by atoms with Crippen LogP contribution in [0.15, 0.2) is 0 Å². The van der Waals surface area contributed by atoms with Crippen molar-refractivity contribution >= 4 is 12.6 Å². The number of rotatable bonds is 6. The molecule has 0 unspecified atom stereocenters. The Kier molecular flexibility index (Phi) is 4.98. The Hall–Kier alpha value is 0.270. The van der Waals surface area contributed by atoms with Crippen LogP contribution < -0.4 is 0 Å². The first-order chi connectivity index (χ1) is 7.85. The van der Waals surface area contributed by atoms with Gasteiger partial charge in [0.05, 0.1) is 6.61 Å². The van der Waals surface area contributed by atoms with Crippen LogP contribution in [0.5, 0.6) is 0 Å². The summed E-state index contributed by atoms with van der Waals surface area (Å²) in [5.41, 5.74) is 0.293. The monoisotopic (exact) mass is 244 g/mol. The van der Waals surface area contributed by atoms with Crippen molar-refractivity contribution < 1.29 is 9.47 Å². The van der Waals surface area contributed by atoms with Crippen molar-refractivity contribution in [3.05, 3.63) is 0 Å². The summed E-state index contributed by atoms with van der Waals surface area (Å²) < 4.78 is 11.3. The fourth-order valence-electron chi connectivity index (χ4n) is 2.47. The first-order valence-corrected chi connectivity index (χ1v) is 7.24. The first kappa shape index (κ1) is 12.7. The number of ether oxygens (including phenoxy) is 2. The topological polar surface area (TPSA) is 18.5 Å². The molecule has 94 valence electrons. The summed E-state index contributed by atoms with van der Waals surface area (Å²) in [6.07, 6.45) is 7.77. The van der Waals surface area contributed by atoms with Gasteiger partial charge in [0.2, 0.25) is 0 Å². The van der Waals surface area contributed by atoms with E-state index in [1.54, 1.807) is 0 Å². The van der Waals surface area contributed by atoms with E-state index < -0.39 is 0 Å². The maximum absolute atomic E-state index is 5.87. The average molecular weight is 244 g/mol. The second-order valence-electron chi connectivity index (χ2n) is 5.41. The van der Waals surface area contributed by atoms with Crippen molar-refractivity contribution in [3.63, 3.8) is 0 Å². The lowest BCUT2D eigenvalue weighted by atomic mass is 9.82. The summed E-state index contributed by atoms with van der Waals surface area (Å²) in [6, 6.07) is 0. The minimum absolute atomic E-state index is 0.293. The van der Waals surface area contributed by atoms with Crippen LogP contribution in [0, 0.1) is 11.3 Å². The van der Waals surface area contributed by atoms with Gasteiger partial charge in [0.1, 0.15) is 0 Å². The molecule has 2 aliphatic rings. The van der Waals surface area contributed by atoms with Crippen LogP contribution in [-0.4, -0.2) is 32.2 Å². The molecule has 2 nitrogen and oxygen atoms in total. The zero-order valence-corrected chi connectivity index (χ0v) is 11.0. The molecule has 3 heteroatoms. The molecule has 2 fully saturated rings. The van der Waals surface area contributed by atoms with Gasteiger partial charge in [-0.3, -0.25) is 0 Å². The summed E-state index contributed by atoms with van der Waals surface area (Å²) in [5, 5.41) is 0. The highest BCUT2D eigenvalue weighted by Gasteiger charge is 2.31. The van der Waals surface area contributed by atoms with E-state index in [4.69, 9.17) is 9.47 Å². The van der Waals surface area contributed by atoms with Gasteiger partial charge in [0, 0.05) is 25.2 Å². The van der Waals surface area contributed by atoms with Crippen molar-refractivity contribution in [2.24, 2.45) is 11.3 Å². The Balaban J connectivity index is 1.61. The molecule has 1 heterocycles. The van der Waals surface area contributed by atoms with Crippen LogP contribution in [0.3, 0.4) is 0 Å². The lowest BCUT2D eigenvalue weighted by Gasteiger charge is -2.36. The van der Waals surface area contributed by atoms with E-state index in [2.05, 4.69) is 12.6 Å². The lowest BCUT2D eigenvalue weighted by Crippen LogP contribution is -2.36. The number of hydrogen-bond acceptors (Lipinski definition) is 3. The normalized spacial score (nSPS) is 25.3. The van der Waals surface area contributed by atoms with Crippen LogP contribution in [-0.2, 0) is 9.47 Å². The van der Waals surface area contributed by atoms with Gasteiger partial charge in [-0.05, 0) is 30.9 Å². The fraction of sp³-hybridized carbons (Fsp3) is 1.00. The Morgan fingerprint density at radius 1 is 1.25 bits per heavy atom. The summed E-state index contributed by atoms with van der Waals surface area (Å²) in [5.74, 6) is 1.89. The van der Waals surface area contributed by atoms with Crippen molar-refractivity contribution in [2.75, 3.05) is 32.2 Å². The molecule has 0 aromatic heterocycles. The van der Waals surface area contributed by atoms with Gasteiger partial charge in [-0.15, -0.1) is 0 Å². The van der Waals surface area contributed by atoms with Gasteiger partial charge in [0.25, 0.3) is 0 Å². The molecule has 1 aliphatic carbocycles. The predicted octanol–water partition coefficient (Wildman–Crippen LogP) is 2.92. The quantitative estimate of drug-likeness (QED) is 0.572. The molecule has 0 atom stereocenters. The molecule has 16 heavy (non-hydrogen) atoms. The zero-order valence-electron chi connectivity index (χ0n) is 10.1. The van der Waals surface area contributed by atoms with Crippen LogP contribution in [0.1, 0.15) is 38.5 Å². The van der Waals surface area contributed by atoms with Crippen molar-refractivity contribution in [3.8, 4) is 0 Å². The third kappa shape index (κ3) is 3.38. The molecule has 1 aliphatic heterocycles. The third-order valence-corrected chi connectivity index (χ3v) is 4.86. The Bertz CT molecular complexity index is 198. The highest BCUT2D eigenvalue weighted by atomic mass is 32.1. The van der Waals surface area contributed by atoms with E-state index in [9.17, 15) is 0 Å². The summed E-state index contributed by atoms with van der Waals surface area (Å²) in [4.78, 5) is 0. The average Bonchev–Trinajstić information content (AvgIpc) is 2.28. The van der Waals surface area contributed by atoms with E-state index in [-0.39, 0.29) is 0 Å². The van der Waals surface area contributed by atoms with Gasteiger partial charge in [0.15, 0.2) is 0 Å². The molecule has 1 saturated heterocycles. The van der Waals surface area contributed by atoms with Crippen LogP contribution in [0.25, 0.3) is 0 Å². The zero-order chi connectivity index (χ0) is 11.3. The largest absolute Gasteiger partial charge is 0.381 e. The molecular formula is C13H24O2S. The Morgan fingerprint density at radius 2 is 2.00 bits per heavy atom. The van der Waals surface area contributed by atoms with E-state index in [0.29, 0.717) is 5.41 Å². The van der Waals surface area contributed by atoms with Gasteiger partial charge in [-0.2, -0.15) is 12.6 Å². The molecule has 0 amide bonds. The van der Waals surface area contributed by atoms with Crippen molar-refractivity contribution in [1.82, 2.24) is 0 Å². The van der Waals surface area contributed by atoms with Gasteiger partial charge >= 0.3 is 0 Å². The minimum Gasteiger partial charge on any atom is -0.381 e. The molecule has 0 bridgehead atoms. The van der Waals surface area contributed by atoms with E-state index in [1.165, 1.54) is 25.7 Å². The van der Waals surface area contributed by atoms with E-state index in [0.717, 1.165) is 50.9 Å². The maximum Gasteiger partial charge on any atom is 0.0531 e. The van der Waals surface area contributed by atoms with Crippen LogP contribution >= 0.6 is 12.6 Å². The molecule has 1 saturated carbocycles. The van der Waals surface area contributed by atoms with Crippen molar-refractivity contribution in [1.29, 1.82) is 0 Å². The minimum atomic E-state index is 0.293. The first-order valence-electron chi connectivity index (χ1n) is 6.61. The molecule has 0 spiro atoms. The molecule has 0 radical (unpaired) electrons. The lowest BCUT2D eigenvalue weighted by molar-refractivity contribution is -0.0305. The van der Waals surface area contributed by atoms with E-state index in [1.807, 2.05) is 0 Å². The SMILES string of the molecule is SCC1(COCCC2CCC2)CCOCC1. The van der Waals surface area contributed by atoms with Crippen LogP contribution in [0.2, 0.25) is 0 Å². The van der Waals surface area contributed by atoms with Gasteiger partial charge in [-0.25, -0.2) is 0 Å². The van der Waals surface area contributed by atoms with Crippen molar-refractivity contribution in [2.45, 2.75) is 38.5 Å². The predicted molar refractivity (Wildman–Crippen MR) is 69.1 cm³/mol. The fourth-order valence-corrected chi connectivity index (χ4v) is 2.88. The molecule has 0 aromatic rings. The van der Waals surface area contributed by atoms with Crippen LogP contribution in [0.4, 0.5) is 0 Å². The smallest absolute Gasteiger partial charge is 0.0531 e. The Morgan fingerprint density at radius 3 is 2.56 bits per heavy atom. The third-order valence-electron chi connectivity index (χ3n) is 4.19. The summed E-state index contributed by atoms with van der Waals surface area (Å²) >= 11 is 4.49. The second-order valence-corrected chi connectivity index (χ2v) is 5.72. The molecule has 0 N–H and O–H groups in total. The van der Waals surface area contributed by atoms with E-state index >= 15 is 0 Å². The Labute approximate surface area is 104 Å². The standard InChI is InChI=1S/C13H24O2S/c16-11-13(5-8-14-9-6-13)10-15-7-4-12-2-1-3-12/h12,16H,1-11H2. The number of hydrogen-bond donors (Lipinski definition) is 1. The number of thiol groups is 1. The summed E-state index contributed by atoms with van der Waals surface area (Å²) in [7, 11) is 0. The molecule has 2 rings (SSSR count). The molecular weight excluding hydrogens is 220 g/mol.